The summed E-state index contributed by atoms with van der Waals surface area (Å²) in [5.74, 6) is 2.86. The lowest BCUT2D eigenvalue weighted by atomic mass is 10.2. The molecule has 124 valence electrons. The van der Waals surface area contributed by atoms with Crippen LogP contribution >= 0.6 is 23.8 Å². The first kappa shape index (κ1) is 17.0. The average Bonchev–Trinajstić information content (AvgIpc) is 2.96. The van der Waals surface area contributed by atoms with E-state index >= 15 is 0 Å². The second-order valence-electron chi connectivity index (χ2n) is 5.22. The Bertz CT molecular complexity index is 1010. The van der Waals surface area contributed by atoms with E-state index in [1.807, 2.05) is 12.1 Å². The van der Waals surface area contributed by atoms with E-state index in [0.29, 0.717) is 26.9 Å². The molecule has 0 aliphatic rings. The number of hydrogen-bond acceptors (Lipinski definition) is 3. The summed E-state index contributed by atoms with van der Waals surface area (Å²) in [6, 6.07) is 14.2. The summed E-state index contributed by atoms with van der Waals surface area (Å²) >= 11 is 11.1. The third kappa shape index (κ3) is 3.97. The molecule has 5 nitrogen and oxygen atoms in total. The van der Waals surface area contributed by atoms with Gasteiger partial charge in [0.25, 0.3) is 0 Å². The number of halogens is 1. The number of carbonyl (C=O) groups excluding carboxylic acids is 1. The first-order chi connectivity index (χ1) is 12.1. The van der Waals surface area contributed by atoms with Crippen molar-refractivity contribution < 1.29 is 4.79 Å². The normalized spacial score (nSPS) is 10.2. The lowest BCUT2D eigenvalue weighted by Gasteiger charge is -2.09. The minimum atomic E-state index is -0.234. The molecular weight excluding hydrogens is 356 g/mol. The molecule has 0 radical (unpaired) electrons. The highest BCUT2D eigenvalue weighted by molar-refractivity contribution is 7.71. The molecule has 0 atom stereocenters. The number of aromatic amines is 1. The summed E-state index contributed by atoms with van der Waals surface area (Å²) in [6.07, 6.45) is 5.37. The van der Waals surface area contributed by atoms with Gasteiger partial charge in [0.05, 0.1) is 0 Å². The maximum Gasteiger partial charge on any atom is 0.244 e. The van der Waals surface area contributed by atoms with Crippen molar-refractivity contribution in [3.05, 3.63) is 63.9 Å². The number of benzene rings is 2. The molecule has 0 saturated heterocycles. The van der Waals surface area contributed by atoms with Crippen LogP contribution in [0.5, 0.6) is 0 Å². The number of hydrogen-bond donors (Lipinski definition) is 2. The summed E-state index contributed by atoms with van der Waals surface area (Å²) in [4.78, 5) is 12.4. The predicted octanol–water partition coefficient (Wildman–Crippen LogP) is 3.88. The van der Waals surface area contributed by atoms with Crippen molar-refractivity contribution in [3.63, 3.8) is 0 Å². The molecule has 0 aliphatic carbocycles. The fraction of sp³-hybridized carbons (Fsp3) is 0.0556. The third-order valence-electron chi connectivity index (χ3n) is 3.48. The molecule has 3 rings (SSSR count). The number of H-pyrrole nitrogens is 1. The summed E-state index contributed by atoms with van der Waals surface area (Å²) in [5, 5.41) is 10.3. The highest BCUT2D eigenvalue weighted by Gasteiger charge is 2.12. The Morgan fingerprint density at radius 3 is 2.80 bits per heavy atom. The Morgan fingerprint density at radius 2 is 2.08 bits per heavy atom. The number of nitrogens with one attached hydrogen (secondary N) is 2. The molecule has 1 aromatic heterocycles. The van der Waals surface area contributed by atoms with Crippen molar-refractivity contribution in [1.29, 1.82) is 0 Å². The molecule has 1 amide bonds. The molecule has 0 spiro atoms. The Hall–Kier alpha value is -2.88. The van der Waals surface area contributed by atoms with Crippen LogP contribution in [-0.2, 0) is 11.3 Å². The molecule has 0 unspecified atom stereocenters. The average molecular weight is 369 g/mol. The minimum Gasteiger partial charge on any atom is -0.324 e. The smallest absolute Gasteiger partial charge is 0.244 e. The summed E-state index contributed by atoms with van der Waals surface area (Å²) in [5.41, 5.74) is 2.13. The SMILES string of the molecule is C#Cc1cccc(NC(=O)Cn2c(-c3ccc(Cl)cc3)n[nH]c2=S)c1. The second-order valence-corrected chi connectivity index (χ2v) is 6.04. The molecule has 25 heavy (non-hydrogen) atoms. The van der Waals surface area contributed by atoms with Gasteiger partial charge in [-0.25, -0.2) is 0 Å². The van der Waals surface area contributed by atoms with Gasteiger partial charge in [-0.05, 0) is 54.7 Å². The fourth-order valence-corrected chi connectivity index (χ4v) is 2.64. The van der Waals surface area contributed by atoms with Crippen LogP contribution in [0.2, 0.25) is 5.02 Å². The zero-order chi connectivity index (χ0) is 17.8. The standard InChI is InChI=1S/C18H13ClN4OS/c1-2-12-4-3-5-15(10-12)20-16(24)11-23-17(21-22-18(23)25)13-6-8-14(19)9-7-13/h1,3-10H,11H2,(H,20,24)(H,22,25). The van der Waals surface area contributed by atoms with Crippen LogP contribution < -0.4 is 5.32 Å². The minimum absolute atomic E-state index is 0.0214. The van der Waals surface area contributed by atoms with Crippen LogP contribution in [-0.4, -0.2) is 20.7 Å². The van der Waals surface area contributed by atoms with Crippen molar-refractivity contribution >= 4 is 35.4 Å². The molecule has 0 saturated carbocycles. The number of carbonyl (C=O) groups is 1. The molecule has 7 heteroatoms. The number of rotatable bonds is 4. The highest BCUT2D eigenvalue weighted by Crippen LogP contribution is 2.20. The molecule has 2 N–H and O–H groups in total. The lowest BCUT2D eigenvalue weighted by Crippen LogP contribution is -2.19. The van der Waals surface area contributed by atoms with E-state index in [2.05, 4.69) is 21.4 Å². The van der Waals surface area contributed by atoms with E-state index in [0.717, 1.165) is 5.56 Å². The summed E-state index contributed by atoms with van der Waals surface area (Å²) in [7, 11) is 0. The van der Waals surface area contributed by atoms with Gasteiger partial charge in [0.2, 0.25) is 5.91 Å². The van der Waals surface area contributed by atoms with E-state index in [4.69, 9.17) is 30.2 Å². The van der Waals surface area contributed by atoms with Crippen molar-refractivity contribution in [2.24, 2.45) is 0 Å². The van der Waals surface area contributed by atoms with Gasteiger partial charge in [-0.3, -0.25) is 14.5 Å². The van der Waals surface area contributed by atoms with Gasteiger partial charge in [-0.1, -0.05) is 23.6 Å². The van der Waals surface area contributed by atoms with Crippen molar-refractivity contribution in [3.8, 4) is 23.7 Å². The zero-order valence-corrected chi connectivity index (χ0v) is 14.6. The van der Waals surface area contributed by atoms with Crippen molar-refractivity contribution in [2.75, 3.05) is 5.32 Å². The quantitative estimate of drug-likeness (QED) is 0.542. The first-order valence-corrected chi connectivity index (χ1v) is 8.13. The van der Waals surface area contributed by atoms with Crippen LogP contribution in [0, 0.1) is 17.1 Å². The number of nitrogens with zero attached hydrogens (tertiary/aromatic N) is 2. The molecule has 0 aliphatic heterocycles. The van der Waals surface area contributed by atoms with Gasteiger partial charge in [0.15, 0.2) is 10.6 Å². The van der Waals surface area contributed by atoms with E-state index in [1.165, 1.54) is 0 Å². The Kier molecular flexibility index (Phi) is 4.98. The molecule has 0 fully saturated rings. The van der Waals surface area contributed by atoms with Gasteiger partial charge in [-0.15, -0.1) is 6.42 Å². The second kappa shape index (κ2) is 7.34. The number of amides is 1. The summed E-state index contributed by atoms with van der Waals surface area (Å²) in [6.45, 7) is 0.0214. The van der Waals surface area contributed by atoms with Crippen LogP contribution in [0.15, 0.2) is 48.5 Å². The van der Waals surface area contributed by atoms with Gasteiger partial charge in [0, 0.05) is 21.8 Å². The van der Waals surface area contributed by atoms with E-state index in [9.17, 15) is 4.79 Å². The predicted molar refractivity (Wildman–Crippen MR) is 101 cm³/mol. The van der Waals surface area contributed by atoms with E-state index < -0.39 is 0 Å². The maximum atomic E-state index is 12.4. The zero-order valence-electron chi connectivity index (χ0n) is 13.0. The largest absolute Gasteiger partial charge is 0.324 e. The first-order valence-electron chi connectivity index (χ1n) is 7.34. The van der Waals surface area contributed by atoms with Gasteiger partial charge in [-0.2, -0.15) is 5.10 Å². The number of anilines is 1. The van der Waals surface area contributed by atoms with Crippen molar-refractivity contribution in [1.82, 2.24) is 14.8 Å². The Balaban J connectivity index is 1.82. The number of terminal acetylenes is 1. The molecular formula is C18H13ClN4OS. The highest BCUT2D eigenvalue weighted by atomic mass is 35.5. The van der Waals surface area contributed by atoms with E-state index in [-0.39, 0.29) is 12.5 Å². The van der Waals surface area contributed by atoms with Crippen LogP contribution in [0.25, 0.3) is 11.4 Å². The molecule has 2 aromatic carbocycles. The van der Waals surface area contributed by atoms with E-state index in [1.54, 1.807) is 41.0 Å². The molecule has 1 heterocycles. The molecule has 0 bridgehead atoms. The van der Waals surface area contributed by atoms with Gasteiger partial charge >= 0.3 is 0 Å². The number of aromatic nitrogens is 3. The Morgan fingerprint density at radius 1 is 1.32 bits per heavy atom. The summed E-state index contributed by atoms with van der Waals surface area (Å²) < 4.78 is 1.98. The van der Waals surface area contributed by atoms with Crippen LogP contribution in [0.4, 0.5) is 5.69 Å². The lowest BCUT2D eigenvalue weighted by molar-refractivity contribution is -0.116. The topological polar surface area (TPSA) is 62.7 Å². The van der Waals surface area contributed by atoms with Gasteiger partial charge in [0.1, 0.15) is 6.54 Å². The third-order valence-corrected chi connectivity index (χ3v) is 4.04. The Labute approximate surface area is 154 Å². The molecule has 3 aromatic rings. The van der Waals surface area contributed by atoms with Crippen LogP contribution in [0.3, 0.4) is 0 Å². The maximum absolute atomic E-state index is 12.4. The van der Waals surface area contributed by atoms with Crippen molar-refractivity contribution in [2.45, 2.75) is 6.54 Å². The van der Waals surface area contributed by atoms with Crippen LogP contribution in [0.1, 0.15) is 5.56 Å². The van der Waals surface area contributed by atoms with Gasteiger partial charge < -0.3 is 5.32 Å². The monoisotopic (exact) mass is 368 g/mol. The fourth-order valence-electron chi connectivity index (χ4n) is 2.31.